The summed E-state index contributed by atoms with van der Waals surface area (Å²) in [5.74, 6) is 0.336. The molecule has 15 heavy (non-hydrogen) atoms. The minimum absolute atomic E-state index is 0.0137. The van der Waals surface area contributed by atoms with Crippen molar-refractivity contribution in [3.63, 3.8) is 0 Å². The number of hydrogen-bond acceptors (Lipinski definition) is 3. The summed E-state index contributed by atoms with van der Waals surface area (Å²) < 4.78 is 29.2. The molecule has 1 aromatic carbocycles. The number of halogens is 2. The number of phenolic OH excluding ortho intramolecular Hbond substituents is 1. The molecule has 84 valence electrons. The maximum atomic E-state index is 12.1. The largest absolute Gasteiger partial charge is 0.508 e. The van der Waals surface area contributed by atoms with E-state index >= 15 is 0 Å². The van der Waals surface area contributed by atoms with Gasteiger partial charge in [-0.1, -0.05) is 6.07 Å². The van der Waals surface area contributed by atoms with E-state index in [4.69, 9.17) is 15.6 Å². The quantitative estimate of drug-likeness (QED) is 0.811. The standard InChI is InChI=1S/C10H13F2NO2/c1-15-9-4-6(14)2-3-7(9)8(13)5-10(11)12/h2-4,8,10,14H,5,13H2,1H3/t8-/m0/s1. The van der Waals surface area contributed by atoms with Crippen LogP contribution in [0.1, 0.15) is 18.0 Å². The number of benzene rings is 1. The molecule has 1 rings (SSSR count). The second-order valence-corrected chi connectivity index (χ2v) is 3.16. The zero-order valence-corrected chi connectivity index (χ0v) is 8.28. The second kappa shape index (κ2) is 4.93. The Labute approximate surface area is 86.5 Å². The minimum Gasteiger partial charge on any atom is -0.508 e. The molecule has 0 aliphatic carbocycles. The maximum absolute atomic E-state index is 12.1. The van der Waals surface area contributed by atoms with Crippen molar-refractivity contribution in [1.82, 2.24) is 0 Å². The molecule has 0 unspecified atom stereocenters. The Balaban J connectivity index is 2.92. The van der Waals surface area contributed by atoms with Gasteiger partial charge in [-0.3, -0.25) is 0 Å². The highest BCUT2D eigenvalue weighted by atomic mass is 19.3. The van der Waals surface area contributed by atoms with Crippen LogP contribution in [0.3, 0.4) is 0 Å². The lowest BCUT2D eigenvalue weighted by Crippen LogP contribution is -2.14. The van der Waals surface area contributed by atoms with Gasteiger partial charge in [0.1, 0.15) is 11.5 Å². The van der Waals surface area contributed by atoms with E-state index < -0.39 is 18.9 Å². The average molecular weight is 217 g/mol. The van der Waals surface area contributed by atoms with Gasteiger partial charge >= 0.3 is 0 Å². The summed E-state index contributed by atoms with van der Waals surface area (Å²) in [6.45, 7) is 0. The van der Waals surface area contributed by atoms with Crippen LogP contribution in [0.5, 0.6) is 11.5 Å². The molecule has 0 bridgehead atoms. The molecule has 0 aliphatic rings. The summed E-state index contributed by atoms with van der Waals surface area (Å²) in [7, 11) is 1.40. The molecular formula is C10H13F2NO2. The van der Waals surface area contributed by atoms with Crippen molar-refractivity contribution in [2.45, 2.75) is 18.9 Å². The number of methoxy groups -OCH3 is 1. The molecule has 0 fully saturated rings. The van der Waals surface area contributed by atoms with E-state index in [0.717, 1.165) is 0 Å². The van der Waals surface area contributed by atoms with Gasteiger partial charge in [-0.2, -0.15) is 0 Å². The van der Waals surface area contributed by atoms with Crippen LogP contribution in [0.15, 0.2) is 18.2 Å². The lowest BCUT2D eigenvalue weighted by atomic mass is 10.0. The van der Waals surface area contributed by atoms with E-state index in [2.05, 4.69) is 0 Å². The topological polar surface area (TPSA) is 55.5 Å². The van der Waals surface area contributed by atoms with Gasteiger partial charge in [0.15, 0.2) is 0 Å². The van der Waals surface area contributed by atoms with E-state index in [-0.39, 0.29) is 5.75 Å². The third-order valence-electron chi connectivity index (χ3n) is 2.05. The van der Waals surface area contributed by atoms with Gasteiger partial charge in [0.05, 0.1) is 7.11 Å². The monoisotopic (exact) mass is 217 g/mol. The molecule has 0 aromatic heterocycles. The number of nitrogens with two attached hydrogens (primary N) is 1. The van der Waals surface area contributed by atoms with Crippen LogP contribution >= 0.6 is 0 Å². The zero-order valence-electron chi connectivity index (χ0n) is 8.28. The molecule has 3 nitrogen and oxygen atoms in total. The Hall–Kier alpha value is -1.36. The van der Waals surface area contributed by atoms with Crippen LogP contribution in [0.2, 0.25) is 0 Å². The molecule has 1 atom stereocenters. The van der Waals surface area contributed by atoms with Crippen molar-refractivity contribution in [2.75, 3.05) is 7.11 Å². The van der Waals surface area contributed by atoms with Gasteiger partial charge in [-0.25, -0.2) is 8.78 Å². The van der Waals surface area contributed by atoms with Gasteiger partial charge in [-0.05, 0) is 6.07 Å². The van der Waals surface area contributed by atoms with Gasteiger partial charge in [0.2, 0.25) is 6.43 Å². The zero-order chi connectivity index (χ0) is 11.4. The third-order valence-corrected chi connectivity index (χ3v) is 2.05. The normalized spacial score (nSPS) is 12.9. The maximum Gasteiger partial charge on any atom is 0.240 e. The number of rotatable bonds is 4. The summed E-state index contributed by atoms with van der Waals surface area (Å²) in [4.78, 5) is 0. The molecule has 0 radical (unpaired) electrons. The minimum atomic E-state index is -2.46. The van der Waals surface area contributed by atoms with Gasteiger partial charge in [0, 0.05) is 24.1 Å². The Bertz CT molecular complexity index is 331. The molecule has 0 aliphatic heterocycles. The van der Waals surface area contributed by atoms with E-state index in [1.165, 1.54) is 25.3 Å². The van der Waals surface area contributed by atoms with Crippen molar-refractivity contribution in [2.24, 2.45) is 5.73 Å². The third kappa shape index (κ3) is 3.06. The van der Waals surface area contributed by atoms with Crippen LogP contribution in [0.25, 0.3) is 0 Å². The summed E-state index contributed by atoms with van der Waals surface area (Å²) in [5.41, 5.74) is 6.05. The molecule has 5 heteroatoms. The predicted molar refractivity (Wildman–Crippen MR) is 52.2 cm³/mol. The first kappa shape index (κ1) is 11.7. The Morgan fingerprint density at radius 1 is 1.47 bits per heavy atom. The lowest BCUT2D eigenvalue weighted by Gasteiger charge is -2.15. The number of ether oxygens (including phenoxy) is 1. The number of alkyl halides is 2. The molecule has 0 heterocycles. The van der Waals surface area contributed by atoms with Crippen LogP contribution < -0.4 is 10.5 Å². The molecule has 3 N–H and O–H groups in total. The lowest BCUT2D eigenvalue weighted by molar-refractivity contribution is 0.128. The first-order valence-electron chi connectivity index (χ1n) is 4.45. The van der Waals surface area contributed by atoms with E-state index in [1.807, 2.05) is 0 Å². The Morgan fingerprint density at radius 3 is 2.67 bits per heavy atom. The molecule has 0 saturated carbocycles. The van der Waals surface area contributed by atoms with Crippen molar-refractivity contribution in [3.05, 3.63) is 23.8 Å². The summed E-state index contributed by atoms with van der Waals surface area (Å²) in [5, 5.41) is 9.16. The van der Waals surface area contributed by atoms with E-state index in [0.29, 0.717) is 11.3 Å². The number of hydrogen-bond donors (Lipinski definition) is 2. The van der Waals surface area contributed by atoms with Crippen molar-refractivity contribution in [3.8, 4) is 11.5 Å². The molecule has 1 aromatic rings. The predicted octanol–water partition coefficient (Wildman–Crippen LogP) is 2.06. The van der Waals surface area contributed by atoms with Gasteiger partial charge in [0.25, 0.3) is 0 Å². The highest BCUT2D eigenvalue weighted by molar-refractivity contribution is 5.41. The summed E-state index contributed by atoms with van der Waals surface area (Å²) >= 11 is 0. The van der Waals surface area contributed by atoms with Crippen molar-refractivity contribution < 1.29 is 18.6 Å². The fourth-order valence-corrected chi connectivity index (χ4v) is 1.33. The van der Waals surface area contributed by atoms with Crippen molar-refractivity contribution in [1.29, 1.82) is 0 Å². The Kier molecular flexibility index (Phi) is 3.85. The molecular weight excluding hydrogens is 204 g/mol. The molecule has 0 spiro atoms. The first-order chi connectivity index (χ1) is 7.04. The SMILES string of the molecule is COc1cc(O)ccc1[C@@H](N)CC(F)F. The summed E-state index contributed by atoms with van der Waals surface area (Å²) in [6, 6.07) is 3.44. The second-order valence-electron chi connectivity index (χ2n) is 3.16. The van der Waals surface area contributed by atoms with Crippen LogP contribution in [-0.4, -0.2) is 18.6 Å². The number of aromatic hydroxyl groups is 1. The highest BCUT2D eigenvalue weighted by Gasteiger charge is 2.16. The Morgan fingerprint density at radius 2 is 2.13 bits per heavy atom. The highest BCUT2D eigenvalue weighted by Crippen LogP contribution is 2.30. The van der Waals surface area contributed by atoms with Gasteiger partial charge < -0.3 is 15.6 Å². The first-order valence-corrected chi connectivity index (χ1v) is 4.45. The average Bonchev–Trinajstić information content (AvgIpc) is 2.16. The van der Waals surface area contributed by atoms with Crippen LogP contribution in [0.4, 0.5) is 8.78 Å². The fourth-order valence-electron chi connectivity index (χ4n) is 1.33. The van der Waals surface area contributed by atoms with Crippen molar-refractivity contribution >= 4 is 0 Å². The smallest absolute Gasteiger partial charge is 0.240 e. The molecule has 0 saturated heterocycles. The van der Waals surface area contributed by atoms with Gasteiger partial charge in [-0.15, -0.1) is 0 Å². The molecule has 0 amide bonds. The number of phenols is 1. The van der Waals surface area contributed by atoms with Crippen LogP contribution in [0, 0.1) is 0 Å². The van der Waals surface area contributed by atoms with Crippen LogP contribution in [-0.2, 0) is 0 Å². The van der Waals surface area contributed by atoms with E-state index in [1.54, 1.807) is 0 Å². The van der Waals surface area contributed by atoms with E-state index in [9.17, 15) is 8.78 Å². The summed E-state index contributed by atoms with van der Waals surface area (Å²) in [6.07, 6.45) is -2.89. The fraction of sp³-hybridized carbons (Fsp3) is 0.400.